The molecule has 0 aromatic heterocycles. The van der Waals surface area contributed by atoms with Crippen molar-refractivity contribution in [1.82, 2.24) is 4.90 Å². The molecule has 0 fully saturated rings. The molecule has 0 rings (SSSR count). The van der Waals surface area contributed by atoms with Crippen LogP contribution in [0, 0.1) is 28.6 Å². The summed E-state index contributed by atoms with van der Waals surface area (Å²) in [6.45, 7) is 12.8. The number of nitrogens with one attached hydrogen (secondary N) is 1. The fourth-order valence-corrected chi connectivity index (χ4v) is 3.26. The third-order valence-electron chi connectivity index (χ3n) is 5.17. The highest BCUT2D eigenvalue weighted by Gasteiger charge is 2.38. The summed E-state index contributed by atoms with van der Waals surface area (Å²) >= 11 is 0. The number of nitrogens with zero attached hydrogens (tertiary/aromatic N) is 1. The van der Waals surface area contributed by atoms with E-state index in [1.807, 2.05) is 0 Å². The van der Waals surface area contributed by atoms with Crippen molar-refractivity contribution in [2.45, 2.75) is 60.3 Å². The second kappa shape index (κ2) is 8.73. The maximum Gasteiger partial charge on any atom is -0.00138 e. The van der Waals surface area contributed by atoms with Gasteiger partial charge in [0.2, 0.25) is 0 Å². The molecule has 0 heterocycles. The first-order chi connectivity index (χ1) is 8.83. The molecule has 0 spiro atoms. The van der Waals surface area contributed by atoms with Gasteiger partial charge in [-0.1, -0.05) is 47.5 Å². The molecule has 2 heteroatoms. The quantitative estimate of drug-likeness (QED) is 0.572. The molecule has 0 saturated heterocycles. The van der Waals surface area contributed by atoms with E-state index < -0.39 is 0 Å². The minimum atomic E-state index is 0.341. The molecule has 2 nitrogen and oxygen atoms in total. The van der Waals surface area contributed by atoms with E-state index in [4.69, 9.17) is 5.41 Å². The summed E-state index contributed by atoms with van der Waals surface area (Å²) in [6, 6.07) is 0. The van der Waals surface area contributed by atoms with E-state index in [1.54, 1.807) is 6.21 Å². The Balaban J connectivity index is 5.16. The highest BCUT2D eigenvalue weighted by atomic mass is 15.0. The summed E-state index contributed by atoms with van der Waals surface area (Å²) in [7, 11) is 4.30. The Morgan fingerprint density at radius 3 is 2.05 bits per heavy atom. The summed E-state index contributed by atoms with van der Waals surface area (Å²) < 4.78 is 0. The van der Waals surface area contributed by atoms with Gasteiger partial charge in [0.1, 0.15) is 0 Å². The fraction of sp³-hybridized carbons (Fsp3) is 0.941. The third-order valence-corrected chi connectivity index (χ3v) is 5.17. The monoisotopic (exact) mass is 268 g/mol. The van der Waals surface area contributed by atoms with E-state index in [0.717, 1.165) is 13.0 Å². The van der Waals surface area contributed by atoms with Crippen LogP contribution in [-0.4, -0.2) is 31.8 Å². The lowest BCUT2D eigenvalue weighted by Gasteiger charge is -2.44. The number of hydrogen-bond acceptors (Lipinski definition) is 2. The van der Waals surface area contributed by atoms with Gasteiger partial charge in [-0.15, -0.1) is 0 Å². The average Bonchev–Trinajstić information content (AvgIpc) is 2.36. The van der Waals surface area contributed by atoms with Crippen molar-refractivity contribution in [1.29, 1.82) is 5.41 Å². The van der Waals surface area contributed by atoms with Crippen molar-refractivity contribution < 1.29 is 0 Å². The van der Waals surface area contributed by atoms with Gasteiger partial charge in [-0.3, -0.25) is 0 Å². The zero-order valence-corrected chi connectivity index (χ0v) is 14.3. The van der Waals surface area contributed by atoms with Gasteiger partial charge < -0.3 is 10.3 Å². The normalized spacial score (nSPS) is 18.4. The van der Waals surface area contributed by atoms with E-state index in [1.165, 1.54) is 19.3 Å². The zero-order valence-electron chi connectivity index (χ0n) is 14.3. The molecular weight excluding hydrogens is 232 g/mol. The first-order valence-corrected chi connectivity index (χ1v) is 7.98. The molecule has 19 heavy (non-hydrogen) atoms. The van der Waals surface area contributed by atoms with E-state index in [-0.39, 0.29) is 0 Å². The lowest BCUT2D eigenvalue weighted by Crippen LogP contribution is -2.39. The van der Waals surface area contributed by atoms with E-state index >= 15 is 0 Å². The molecular formula is C17H36N2. The molecule has 0 amide bonds. The summed E-state index contributed by atoms with van der Waals surface area (Å²) in [5.74, 6) is 1.73. The standard InChI is InChI=1S/C17H36N2/c1-8-10-15(13-18)16(11-12-19(6)7)17(5,9-2)14(3)4/h13-16,18H,8-12H2,1-7H3. The molecule has 3 unspecified atom stereocenters. The van der Waals surface area contributed by atoms with Crippen LogP contribution in [0.25, 0.3) is 0 Å². The van der Waals surface area contributed by atoms with Crippen LogP contribution in [-0.2, 0) is 0 Å². The second-order valence-electron chi connectivity index (χ2n) is 6.83. The van der Waals surface area contributed by atoms with E-state index in [0.29, 0.717) is 23.2 Å². The predicted molar refractivity (Wildman–Crippen MR) is 87.1 cm³/mol. The molecule has 0 aliphatic rings. The van der Waals surface area contributed by atoms with Crippen LogP contribution in [0.15, 0.2) is 0 Å². The van der Waals surface area contributed by atoms with Gasteiger partial charge in [0, 0.05) is 0 Å². The minimum absolute atomic E-state index is 0.341. The van der Waals surface area contributed by atoms with E-state index in [9.17, 15) is 0 Å². The van der Waals surface area contributed by atoms with Gasteiger partial charge in [0.25, 0.3) is 0 Å². The Labute approximate surface area is 121 Å². The van der Waals surface area contributed by atoms with Gasteiger partial charge >= 0.3 is 0 Å². The van der Waals surface area contributed by atoms with Gasteiger partial charge in [-0.05, 0) is 62.9 Å². The molecule has 114 valence electrons. The van der Waals surface area contributed by atoms with Crippen molar-refractivity contribution in [3.05, 3.63) is 0 Å². The number of rotatable bonds is 10. The second-order valence-corrected chi connectivity index (χ2v) is 6.83. The maximum absolute atomic E-state index is 7.84. The first kappa shape index (κ1) is 18.6. The van der Waals surface area contributed by atoms with Gasteiger partial charge in [-0.25, -0.2) is 0 Å². The summed E-state index contributed by atoms with van der Waals surface area (Å²) in [6.07, 6.45) is 6.47. The van der Waals surface area contributed by atoms with Crippen LogP contribution in [0.4, 0.5) is 0 Å². The largest absolute Gasteiger partial charge is 0.313 e. The molecule has 0 aromatic carbocycles. The van der Waals surface area contributed by atoms with Gasteiger partial charge in [-0.2, -0.15) is 0 Å². The SMILES string of the molecule is CCCC(C=N)C(CCN(C)C)C(C)(CC)C(C)C. The average molecular weight is 268 g/mol. The topological polar surface area (TPSA) is 27.1 Å². The molecule has 0 aliphatic carbocycles. The molecule has 0 aromatic rings. The predicted octanol–water partition coefficient (Wildman–Crippen LogP) is 4.69. The lowest BCUT2D eigenvalue weighted by molar-refractivity contribution is 0.0658. The zero-order chi connectivity index (χ0) is 15.1. The summed E-state index contributed by atoms with van der Waals surface area (Å²) in [5.41, 5.74) is 0.341. The number of hydrogen-bond donors (Lipinski definition) is 1. The highest BCUT2D eigenvalue weighted by molar-refractivity contribution is 5.57. The maximum atomic E-state index is 7.84. The molecule has 0 saturated carbocycles. The van der Waals surface area contributed by atoms with Crippen LogP contribution in [0.2, 0.25) is 0 Å². The smallest absolute Gasteiger partial charge is 0.00138 e. The van der Waals surface area contributed by atoms with Crippen molar-refractivity contribution >= 4 is 6.21 Å². The van der Waals surface area contributed by atoms with Crippen LogP contribution in [0.1, 0.15) is 60.3 Å². The van der Waals surface area contributed by atoms with Crippen LogP contribution in [0.5, 0.6) is 0 Å². The fourth-order valence-electron chi connectivity index (χ4n) is 3.26. The Morgan fingerprint density at radius 2 is 1.74 bits per heavy atom. The van der Waals surface area contributed by atoms with Crippen LogP contribution < -0.4 is 0 Å². The van der Waals surface area contributed by atoms with Crippen molar-refractivity contribution in [3.8, 4) is 0 Å². The Morgan fingerprint density at radius 1 is 1.16 bits per heavy atom. The Bertz CT molecular complexity index is 248. The molecule has 0 aliphatic heterocycles. The van der Waals surface area contributed by atoms with Gasteiger partial charge in [0.15, 0.2) is 0 Å². The summed E-state index contributed by atoms with van der Waals surface area (Å²) in [4.78, 5) is 2.27. The third kappa shape index (κ3) is 5.25. The van der Waals surface area contributed by atoms with Gasteiger partial charge in [0.05, 0.1) is 0 Å². The van der Waals surface area contributed by atoms with E-state index in [2.05, 4.69) is 53.6 Å². The molecule has 0 radical (unpaired) electrons. The van der Waals surface area contributed by atoms with Crippen molar-refractivity contribution in [2.75, 3.05) is 20.6 Å². The van der Waals surface area contributed by atoms with Crippen molar-refractivity contribution in [3.63, 3.8) is 0 Å². The minimum Gasteiger partial charge on any atom is -0.313 e. The van der Waals surface area contributed by atoms with Crippen LogP contribution >= 0.6 is 0 Å². The molecule has 1 N–H and O–H groups in total. The van der Waals surface area contributed by atoms with Crippen LogP contribution in [0.3, 0.4) is 0 Å². The Hall–Kier alpha value is -0.370. The summed E-state index contributed by atoms with van der Waals surface area (Å²) in [5, 5.41) is 7.84. The Kier molecular flexibility index (Phi) is 8.56. The lowest BCUT2D eigenvalue weighted by atomic mass is 9.61. The first-order valence-electron chi connectivity index (χ1n) is 7.98. The molecule has 3 atom stereocenters. The van der Waals surface area contributed by atoms with Crippen molar-refractivity contribution in [2.24, 2.45) is 23.2 Å². The molecule has 0 bridgehead atoms. The highest BCUT2D eigenvalue weighted by Crippen LogP contribution is 2.45.